The number of hydrogen-bond donors (Lipinski definition) is 0. The van der Waals surface area contributed by atoms with E-state index >= 15 is 0 Å². The number of aryl methyl sites for hydroxylation is 1. The van der Waals surface area contributed by atoms with Crippen LogP contribution < -0.4 is 4.74 Å². The van der Waals surface area contributed by atoms with Crippen LogP contribution in [0, 0.1) is 13.8 Å². The molecule has 0 bridgehead atoms. The highest BCUT2D eigenvalue weighted by molar-refractivity contribution is 7.59. The number of methoxy groups -OCH3 is 1. The van der Waals surface area contributed by atoms with E-state index in [1.165, 1.54) is 27.3 Å². The Labute approximate surface area is 127 Å². The lowest BCUT2D eigenvalue weighted by atomic mass is 10.1. The summed E-state index contributed by atoms with van der Waals surface area (Å²) in [6.45, 7) is 4.45. The second-order valence-corrected chi connectivity index (χ2v) is 7.18. The highest BCUT2D eigenvalue weighted by atomic mass is 31.1. The molecule has 0 radical (unpaired) electrons. The summed E-state index contributed by atoms with van der Waals surface area (Å²) in [6, 6.07) is 19.2. The number of ether oxygens (including phenoxy) is 1. The van der Waals surface area contributed by atoms with E-state index in [0.717, 1.165) is 5.75 Å². The van der Waals surface area contributed by atoms with Gasteiger partial charge in [0.2, 0.25) is 0 Å². The lowest BCUT2D eigenvalue weighted by Gasteiger charge is -2.09. The van der Waals surface area contributed by atoms with Crippen LogP contribution in [0.4, 0.5) is 0 Å². The third-order valence-electron chi connectivity index (χ3n) is 3.91. The van der Waals surface area contributed by atoms with Gasteiger partial charge in [-0.2, -0.15) is 0 Å². The van der Waals surface area contributed by atoms with E-state index in [4.69, 9.17) is 4.74 Å². The SMILES string of the molecule is COc1ccc(-c2c(C)c(C)cp2-c2ccccc2)cc1. The molecular formula is C19H19OP. The molecule has 1 unspecified atom stereocenters. The molecule has 0 aliphatic heterocycles. The first-order chi connectivity index (χ1) is 10.2. The first-order valence-corrected chi connectivity index (χ1v) is 8.50. The van der Waals surface area contributed by atoms with Crippen molar-refractivity contribution in [3.05, 3.63) is 71.5 Å². The first kappa shape index (κ1) is 14.0. The molecule has 3 rings (SSSR count). The Bertz CT molecular complexity index is 739. The Balaban J connectivity index is 2.17. The summed E-state index contributed by atoms with van der Waals surface area (Å²) in [7, 11) is 1.31. The van der Waals surface area contributed by atoms with Gasteiger partial charge in [0.05, 0.1) is 7.11 Å². The summed E-state index contributed by atoms with van der Waals surface area (Å²) in [5, 5.41) is 2.88. The normalized spacial score (nSPS) is 11.5. The minimum absolute atomic E-state index is 0.396. The van der Waals surface area contributed by atoms with Crippen LogP contribution in [0.5, 0.6) is 5.75 Å². The Morgan fingerprint density at radius 1 is 0.857 bits per heavy atom. The van der Waals surface area contributed by atoms with Gasteiger partial charge in [-0.15, -0.1) is 0 Å². The Morgan fingerprint density at radius 3 is 2.14 bits per heavy atom. The van der Waals surface area contributed by atoms with Crippen LogP contribution in [0.2, 0.25) is 0 Å². The topological polar surface area (TPSA) is 9.23 Å². The molecule has 0 amide bonds. The zero-order valence-corrected chi connectivity index (χ0v) is 13.5. The van der Waals surface area contributed by atoms with Crippen molar-refractivity contribution in [2.75, 3.05) is 7.11 Å². The molecule has 1 atom stereocenters. The van der Waals surface area contributed by atoms with Crippen LogP contribution >= 0.6 is 7.53 Å². The van der Waals surface area contributed by atoms with Gasteiger partial charge >= 0.3 is 0 Å². The van der Waals surface area contributed by atoms with Crippen molar-refractivity contribution in [2.45, 2.75) is 13.8 Å². The van der Waals surface area contributed by atoms with Gasteiger partial charge in [0, 0.05) is 5.30 Å². The predicted molar refractivity (Wildman–Crippen MR) is 91.9 cm³/mol. The van der Waals surface area contributed by atoms with Gasteiger partial charge in [-0.05, 0) is 53.8 Å². The van der Waals surface area contributed by atoms with Crippen molar-refractivity contribution in [3.8, 4) is 21.9 Å². The van der Waals surface area contributed by atoms with Crippen LogP contribution in [0.1, 0.15) is 11.1 Å². The van der Waals surface area contributed by atoms with Gasteiger partial charge in [-0.3, -0.25) is 0 Å². The van der Waals surface area contributed by atoms with E-state index in [0.29, 0.717) is 0 Å². The molecule has 0 aliphatic carbocycles. The molecule has 1 heterocycles. The van der Waals surface area contributed by atoms with Crippen molar-refractivity contribution in [3.63, 3.8) is 0 Å². The van der Waals surface area contributed by atoms with Gasteiger partial charge in [0.1, 0.15) is 5.75 Å². The third kappa shape index (κ3) is 2.62. The molecule has 0 aliphatic rings. The van der Waals surface area contributed by atoms with Crippen molar-refractivity contribution < 1.29 is 4.74 Å². The molecule has 21 heavy (non-hydrogen) atoms. The quantitative estimate of drug-likeness (QED) is 0.579. The second kappa shape index (κ2) is 5.79. The molecule has 0 saturated carbocycles. The molecule has 1 nitrogen and oxygen atoms in total. The van der Waals surface area contributed by atoms with Gasteiger partial charge in [0.25, 0.3) is 0 Å². The Morgan fingerprint density at radius 2 is 1.52 bits per heavy atom. The molecule has 1 aromatic heterocycles. The predicted octanol–water partition coefficient (Wildman–Crippen LogP) is 5.95. The molecule has 2 heteroatoms. The summed E-state index contributed by atoms with van der Waals surface area (Å²) >= 11 is 0. The van der Waals surface area contributed by atoms with Crippen molar-refractivity contribution >= 4 is 7.53 Å². The maximum atomic E-state index is 5.27. The fourth-order valence-electron chi connectivity index (χ4n) is 2.62. The fourth-order valence-corrected chi connectivity index (χ4v) is 5.19. The van der Waals surface area contributed by atoms with E-state index in [2.05, 4.69) is 62.1 Å². The lowest BCUT2D eigenvalue weighted by Crippen LogP contribution is -1.83. The van der Waals surface area contributed by atoms with Crippen molar-refractivity contribution in [1.29, 1.82) is 0 Å². The van der Waals surface area contributed by atoms with Crippen molar-refractivity contribution in [2.24, 2.45) is 0 Å². The third-order valence-corrected chi connectivity index (χ3v) is 6.48. The van der Waals surface area contributed by atoms with E-state index in [-0.39, 0.29) is 0 Å². The Hall–Kier alpha value is -1.98. The largest absolute Gasteiger partial charge is 0.497 e. The van der Waals surface area contributed by atoms with Gasteiger partial charge in [-0.25, -0.2) is 0 Å². The summed E-state index contributed by atoms with van der Waals surface area (Å²) in [6.07, 6.45) is 0. The van der Waals surface area contributed by atoms with E-state index in [9.17, 15) is 0 Å². The van der Waals surface area contributed by atoms with Gasteiger partial charge < -0.3 is 4.74 Å². The van der Waals surface area contributed by atoms with E-state index in [1.54, 1.807) is 7.11 Å². The maximum absolute atomic E-state index is 5.27. The smallest absolute Gasteiger partial charge is 0.118 e. The van der Waals surface area contributed by atoms with Crippen LogP contribution in [-0.4, -0.2) is 7.11 Å². The van der Waals surface area contributed by atoms with E-state index in [1.807, 2.05) is 12.1 Å². The zero-order chi connectivity index (χ0) is 14.8. The first-order valence-electron chi connectivity index (χ1n) is 7.09. The van der Waals surface area contributed by atoms with E-state index < -0.39 is 7.53 Å². The number of rotatable bonds is 3. The molecule has 106 valence electrons. The van der Waals surface area contributed by atoms with Gasteiger partial charge in [0.15, 0.2) is 0 Å². The molecular weight excluding hydrogens is 275 g/mol. The van der Waals surface area contributed by atoms with Crippen LogP contribution in [0.3, 0.4) is 0 Å². The standard InChI is InChI=1S/C19H19OP/c1-14-13-21(18-7-5-4-6-8-18)19(15(14)2)16-9-11-17(20-3)12-10-16/h4-13H,1-3H3. The highest BCUT2D eigenvalue weighted by Gasteiger charge is 2.14. The average molecular weight is 294 g/mol. The number of benzene rings is 2. The molecule has 0 spiro atoms. The molecule has 2 aromatic carbocycles. The van der Waals surface area contributed by atoms with Crippen LogP contribution in [0.15, 0.2) is 60.4 Å². The minimum atomic E-state index is -0.396. The van der Waals surface area contributed by atoms with Gasteiger partial charge in [-0.1, -0.05) is 50.0 Å². The summed E-state index contributed by atoms with van der Waals surface area (Å²) in [4.78, 5) is 0. The van der Waals surface area contributed by atoms with Crippen molar-refractivity contribution in [1.82, 2.24) is 0 Å². The fraction of sp³-hybridized carbons (Fsp3) is 0.158. The summed E-state index contributed by atoms with van der Waals surface area (Å²) in [5.41, 5.74) is 4.11. The van der Waals surface area contributed by atoms with Crippen LogP contribution in [-0.2, 0) is 0 Å². The molecule has 0 saturated heterocycles. The zero-order valence-electron chi connectivity index (χ0n) is 12.6. The van der Waals surface area contributed by atoms with Crippen LogP contribution in [0.25, 0.3) is 16.2 Å². The maximum Gasteiger partial charge on any atom is 0.118 e. The Kier molecular flexibility index (Phi) is 3.86. The monoisotopic (exact) mass is 294 g/mol. The minimum Gasteiger partial charge on any atom is -0.497 e. The molecule has 0 N–H and O–H groups in total. The summed E-state index contributed by atoms with van der Waals surface area (Å²) < 4.78 is 5.27. The molecule has 0 fully saturated rings. The lowest BCUT2D eigenvalue weighted by molar-refractivity contribution is 0.415. The highest BCUT2D eigenvalue weighted by Crippen LogP contribution is 2.52. The summed E-state index contributed by atoms with van der Waals surface area (Å²) in [5.74, 6) is 3.34. The second-order valence-electron chi connectivity index (χ2n) is 5.22. The molecule has 3 aromatic rings. The number of hydrogen-bond acceptors (Lipinski definition) is 1. The average Bonchev–Trinajstić information content (AvgIpc) is 2.84.